The van der Waals surface area contributed by atoms with E-state index in [2.05, 4.69) is 99.7 Å². The lowest BCUT2D eigenvalue weighted by Gasteiger charge is -2.33. The van der Waals surface area contributed by atoms with Gasteiger partial charge in [-0.15, -0.1) is 0 Å². The molecule has 0 saturated carbocycles. The van der Waals surface area contributed by atoms with E-state index in [4.69, 9.17) is 14.0 Å². The van der Waals surface area contributed by atoms with Crippen LogP contribution in [0.15, 0.2) is 77.3 Å². The number of hydrogen-bond acceptors (Lipinski definition) is 12. The summed E-state index contributed by atoms with van der Waals surface area (Å²) in [5.74, 6) is 0.818. The third-order valence-electron chi connectivity index (χ3n) is 10.5. The van der Waals surface area contributed by atoms with Crippen molar-refractivity contribution >= 4 is 63.2 Å². The van der Waals surface area contributed by atoms with Crippen molar-refractivity contribution in [2.45, 2.75) is 83.1 Å². The van der Waals surface area contributed by atoms with Crippen molar-refractivity contribution in [1.82, 2.24) is 0 Å². The SMILES string of the molecule is CC(C)CN(CC(C)C)c1ccc(B2OCC(C)(C)CO2)cc1[N+](=O)[O-].COC(=O)c1c(C)cccc1-c1ccc(N(CC(C)C)CC(C)C)c([N+](=O)[O-])c1.COC(=O)c1c(C)cccc1Br. The second kappa shape index (κ2) is 25.7. The number of methoxy groups -OCH3 is 2. The first kappa shape index (κ1) is 56.0. The van der Waals surface area contributed by atoms with Gasteiger partial charge in [0.2, 0.25) is 0 Å². The van der Waals surface area contributed by atoms with Crippen LogP contribution in [0.25, 0.3) is 11.1 Å². The molecular formula is C51H70BBrN4O10. The molecule has 1 heterocycles. The molecule has 1 saturated heterocycles. The van der Waals surface area contributed by atoms with E-state index < -0.39 is 13.1 Å². The van der Waals surface area contributed by atoms with E-state index in [9.17, 15) is 29.8 Å². The molecule has 0 aliphatic carbocycles. The van der Waals surface area contributed by atoms with Crippen LogP contribution >= 0.6 is 15.9 Å². The molecule has 4 aromatic rings. The summed E-state index contributed by atoms with van der Waals surface area (Å²) in [5, 5.41) is 23.6. The van der Waals surface area contributed by atoms with Gasteiger partial charge in [0.1, 0.15) is 11.4 Å². The van der Waals surface area contributed by atoms with Crippen molar-refractivity contribution in [3.63, 3.8) is 0 Å². The minimum absolute atomic E-state index is 0.0340. The molecule has 0 spiro atoms. The van der Waals surface area contributed by atoms with Crippen LogP contribution in [0.1, 0.15) is 101 Å². The number of halogens is 1. The van der Waals surface area contributed by atoms with Gasteiger partial charge in [0, 0.05) is 61.4 Å². The zero-order valence-corrected chi connectivity index (χ0v) is 43.4. The highest BCUT2D eigenvalue weighted by Gasteiger charge is 2.35. The normalized spacial score (nSPS) is 13.1. The second-order valence-corrected chi connectivity index (χ2v) is 20.2. The van der Waals surface area contributed by atoms with Gasteiger partial charge < -0.3 is 28.6 Å². The number of benzene rings is 4. The molecule has 1 aliphatic heterocycles. The van der Waals surface area contributed by atoms with Crippen molar-refractivity contribution < 1.29 is 38.2 Å². The molecule has 0 atom stereocenters. The van der Waals surface area contributed by atoms with Crippen LogP contribution in [0, 0.1) is 63.2 Å². The molecule has 0 aromatic heterocycles. The summed E-state index contributed by atoms with van der Waals surface area (Å²) in [6.45, 7) is 28.9. The first-order valence-corrected chi connectivity index (χ1v) is 23.5. The number of aryl methyl sites for hydroxylation is 2. The maximum Gasteiger partial charge on any atom is 0.494 e. The lowest BCUT2D eigenvalue weighted by molar-refractivity contribution is -0.384. The van der Waals surface area contributed by atoms with Crippen LogP contribution in [-0.2, 0) is 18.8 Å². The van der Waals surface area contributed by atoms with E-state index in [0.29, 0.717) is 76.0 Å². The fourth-order valence-corrected chi connectivity index (χ4v) is 8.30. The molecule has 364 valence electrons. The van der Waals surface area contributed by atoms with Crippen LogP contribution in [0.5, 0.6) is 0 Å². The zero-order valence-electron chi connectivity index (χ0n) is 41.8. The third kappa shape index (κ3) is 16.5. The summed E-state index contributed by atoms with van der Waals surface area (Å²) in [6.07, 6.45) is 0. The number of hydrogen-bond donors (Lipinski definition) is 0. The number of esters is 2. The van der Waals surface area contributed by atoms with Gasteiger partial charge in [-0.05, 0) is 99.4 Å². The van der Waals surface area contributed by atoms with Crippen molar-refractivity contribution in [2.24, 2.45) is 29.1 Å². The first-order chi connectivity index (χ1) is 31.4. The van der Waals surface area contributed by atoms with Gasteiger partial charge in [0.25, 0.3) is 11.4 Å². The summed E-state index contributed by atoms with van der Waals surface area (Å²) >= 11 is 3.29. The van der Waals surface area contributed by atoms with Gasteiger partial charge >= 0.3 is 19.1 Å². The maximum atomic E-state index is 12.3. The van der Waals surface area contributed by atoms with Gasteiger partial charge in [-0.2, -0.15) is 0 Å². The number of nitrogens with zero attached hydrogens (tertiary/aromatic N) is 4. The van der Waals surface area contributed by atoms with Crippen LogP contribution in [0.4, 0.5) is 22.7 Å². The highest BCUT2D eigenvalue weighted by atomic mass is 79.9. The highest BCUT2D eigenvalue weighted by molar-refractivity contribution is 9.10. The minimum Gasteiger partial charge on any atom is -0.465 e. The largest absolute Gasteiger partial charge is 0.494 e. The molecule has 5 rings (SSSR count). The summed E-state index contributed by atoms with van der Waals surface area (Å²) in [4.78, 5) is 50.7. The number of carbonyl (C=O) groups is 2. The van der Waals surface area contributed by atoms with Crippen LogP contribution < -0.4 is 15.3 Å². The monoisotopic (exact) mass is 988 g/mol. The third-order valence-corrected chi connectivity index (χ3v) is 11.2. The number of anilines is 2. The Labute approximate surface area is 406 Å². The molecule has 0 N–H and O–H groups in total. The van der Waals surface area contributed by atoms with Crippen LogP contribution in [0.2, 0.25) is 0 Å². The molecule has 4 aromatic carbocycles. The number of ether oxygens (including phenoxy) is 2. The van der Waals surface area contributed by atoms with Crippen molar-refractivity contribution in [1.29, 1.82) is 0 Å². The average molecular weight is 990 g/mol. The van der Waals surface area contributed by atoms with E-state index in [1.54, 1.807) is 24.3 Å². The Morgan fingerprint density at radius 2 is 1.09 bits per heavy atom. The zero-order chi connectivity index (χ0) is 50.3. The molecule has 0 radical (unpaired) electrons. The Kier molecular flexibility index (Phi) is 21.5. The Morgan fingerprint density at radius 1 is 0.672 bits per heavy atom. The minimum atomic E-state index is -0.542. The Morgan fingerprint density at radius 3 is 1.52 bits per heavy atom. The molecule has 0 amide bonds. The smallest absolute Gasteiger partial charge is 0.465 e. The Balaban J connectivity index is 0.000000287. The van der Waals surface area contributed by atoms with Crippen molar-refractivity contribution in [3.8, 4) is 11.1 Å². The lowest BCUT2D eigenvalue weighted by Crippen LogP contribution is -2.47. The maximum absolute atomic E-state index is 12.3. The van der Waals surface area contributed by atoms with Crippen molar-refractivity contribution in [3.05, 3.63) is 120 Å². The van der Waals surface area contributed by atoms with Gasteiger partial charge in [-0.25, -0.2) is 9.59 Å². The molecule has 1 fully saturated rings. The van der Waals surface area contributed by atoms with E-state index in [1.165, 1.54) is 14.2 Å². The lowest BCUT2D eigenvalue weighted by atomic mass is 9.75. The molecule has 67 heavy (non-hydrogen) atoms. The Hall–Kier alpha value is -5.32. The number of nitro benzene ring substituents is 2. The predicted molar refractivity (Wildman–Crippen MR) is 273 cm³/mol. The molecular weight excluding hydrogens is 919 g/mol. The average Bonchev–Trinajstić information content (AvgIpc) is 3.24. The first-order valence-electron chi connectivity index (χ1n) is 22.7. The topological polar surface area (TPSA) is 164 Å². The van der Waals surface area contributed by atoms with Crippen molar-refractivity contribution in [2.75, 3.05) is 63.4 Å². The quantitative estimate of drug-likeness (QED) is 0.0452. The van der Waals surface area contributed by atoms with E-state index in [-0.39, 0.29) is 32.6 Å². The molecule has 16 heteroatoms. The Bertz CT molecular complexity index is 2270. The number of nitro groups is 2. The number of carbonyl (C=O) groups excluding carboxylic acids is 2. The predicted octanol–water partition coefficient (Wildman–Crippen LogP) is 11.5. The molecule has 0 bridgehead atoms. The summed E-state index contributed by atoms with van der Waals surface area (Å²) in [6, 6.07) is 21.5. The van der Waals surface area contributed by atoms with E-state index in [0.717, 1.165) is 41.8 Å². The van der Waals surface area contributed by atoms with Crippen LogP contribution in [-0.4, -0.2) is 82.5 Å². The molecule has 14 nitrogen and oxygen atoms in total. The number of rotatable bonds is 16. The van der Waals surface area contributed by atoms with Gasteiger partial charge in [-0.1, -0.05) is 112 Å². The van der Waals surface area contributed by atoms with Gasteiger partial charge in [0.05, 0.1) is 35.2 Å². The van der Waals surface area contributed by atoms with Gasteiger partial charge in [-0.3, -0.25) is 20.2 Å². The molecule has 0 unspecified atom stereocenters. The van der Waals surface area contributed by atoms with E-state index in [1.807, 2.05) is 62.4 Å². The van der Waals surface area contributed by atoms with Gasteiger partial charge in [0.15, 0.2) is 0 Å². The van der Waals surface area contributed by atoms with Crippen LogP contribution in [0.3, 0.4) is 0 Å². The fourth-order valence-electron chi connectivity index (χ4n) is 7.67. The summed E-state index contributed by atoms with van der Waals surface area (Å²) < 4.78 is 21.9. The summed E-state index contributed by atoms with van der Waals surface area (Å²) in [5.41, 5.74) is 6.05. The summed E-state index contributed by atoms with van der Waals surface area (Å²) in [7, 11) is 2.17. The standard InChI is InChI=1S/C23H30N2O4.C19H31BN2O4.C9H9BrO2/c1-15(2)13-24(14-16(3)4)20-11-10-18(12-21(20)25(27)28)19-9-7-8-17(5)22(19)23(26)29-6;1-14(2)10-21(11-15(3)4)17-8-7-16(9-18(17)22(23)24)20-25-12-19(5,6)13-26-20;1-6-4-3-5-7(10)8(6)9(11)12-2/h7-12,15-16H,13-14H2,1-6H3;7-9,14-15H,10-13H2,1-6H3;3-5H,1-2H3. The molecule has 1 aliphatic rings. The highest BCUT2D eigenvalue weighted by Crippen LogP contribution is 2.36. The fraction of sp³-hybridized carbons (Fsp3) is 0.490. The second-order valence-electron chi connectivity index (χ2n) is 19.4. The van der Waals surface area contributed by atoms with E-state index >= 15 is 0 Å².